The van der Waals surface area contributed by atoms with Crippen LogP contribution in [0.5, 0.6) is 0 Å². The normalized spacial score (nSPS) is 15.7. The minimum atomic E-state index is -3.30. The Labute approximate surface area is 154 Å². The van der Waals surface area contributed by atoms with Gasteiger partial charge in [-0.05, 0) is 23.8 Å². The van der Waals surface area contributed by atoms with Crippen molar-refractivity contribution in [1.29, 1.82) is 0 Å². The van der Waals surface area contributed by atoms with E-state index in [9.17, 15) is 23.1 Å². The fourth-order valence-electron chi connectivity index (χ4n) is 3.69. The number of amides is 1. The maximum Gasteiger partial charge on any atom is 0.412 e. The second kappa shape index (κ2) is 5.71. The molecule has 1 amide bonds. The number of nitrogens with one attached hydrogen (secondary N) is 1. The zero-order valence-corrected chi connectivity index (χ0v) is 15.5. The summed E-state index contributed by atoms with van der Waals surface area (Å²) >= 11 is 0. The Bertz CT molecular complexity index is 1270. The highest BCUT2D eigenvalue weighted by atomic mass is 32.2. The van der Waals surface area contributed by atoms with E-state index in [0.29, 0.717) is 38.6 Å². The number of sulfone groups is 1. The molecule has 3 heterocycles. The zero-order chi connectivity index (χ0) is 19.5. The van der Waals surface area contributed by atoms with E-state index in [0.717, 1.165) is 11.2 Å². The average molecular weight is 387 g/mol. The summed E-state index contributed by atoms with van der Waals surface area (Å²) in [5, 5.41) is 10.7. The van der Waals surface area contributed by atoms with Gasteiger partial charge in [0.2, 0.25) is 0 Å². The van der Waals surface area contributed by atoms with E-state index in [2.05, 4.69) is 4.98 Å². The molecule has 9 heteroatoms. The second-order valence-corrected chi connectivity index (χ2v) is 8.86. The second-order valence-electron chi connectivity index (χ2n) is 6.72. The monoisotopic (exact) mass is 387 g/mol. The van der Waals surface area contributed by atoms with Crippen molar-refractivity contribution in [3.63, 3.8) is 0 Å². The number of hydrogen-bond acceptors (Lipinski definition) is 5. The maximum absolute atomic E-state index is 12.7. The van der Waals surface area contributed by atoms with Crippen molar-refractivity contribution in [1.82, 2.24) is 4.98 Å². The maximum atomic E-state index is 12.7. The Kier molecular flexibility index (Phi) is 3.67. The van der Waals surface area contributed by atoms with Gasteiger partial charge < -0.3 is 15.0 Å². The van der Waals surface area contributed by atoms with Crippen LogP contribution in [0.4, 0.5) is 16.2 Å². The van der Waals surface area contributed by atoms with E-state index < -0.39 is 15.9 Å². The molecule has 4 aliphatic rings. The lowest BCUT2D eigenvalue weighted by atomic mass is 10.0. The van der Waals surface area contributed by atoms with Gasteiger partial charge >= 0.3 is 6.09 Å². The first kappa shape index (κ1) is 17.3. The molecule has 4 rings (SSSR count). The Balaban J connectivity index is 2.17. The van der Waals surface area contributed by atoms with Crippen LogP contribution in [0.3, 0.4) is 0 Å². The highest BCUT2D eigenvalue weighted by Crippen LogP contribution is 2.34. The van der Waals surface area contributed by atoms with Gasteiger partial charge in [0.25, 0.3) is 5.56 Å². The quantitative estimate of drug-likeness (QED) is 0.746. The molecule has 0 saturated carbocycles. The van der Waals surface area contributed by atoms with Crippen LogP contribution < -0.4 is 25.9 Å². The summed E-state index contributed by atoms with van der Waals surface area (Å²) in [4.78, 5) is 30.1. The lowest BCUT2D eigenvalue weighted by Crippen LogP contribution is -2.34. The number of hydrogen-bond donors (Lipinski definition) is 2. The fourth-order valence-corrected chi connectivity index (χ4v) is 4.50. The van der Waals surface area contributed by atoms with Crippen LogP contribution in [0.1, 0.15) is 0 Å². The Morgan fingerprint density at radius 2 is 2.04 bits per heavy atom. The number of nitrogens with zero attached hydrogens (tertiary/aromatic N) is 2. The van der Waals surface area contributed by atoms with E-state index in [1.165, 1.54) is 0 Å². The largest absolute Gasteiger partial charge is 0.465 e. The van der Waals surface area contributed by atoms with Gasteiger partial charge in [-0.25, -0.2) is 13.2 Å². The van der Waals surface area contributed by atoms with Crippen LogP contribution >= 0.6 is 0 Å². The van der Waals surface area contributed by atoms with Crippen LogP contribution in [0.2, 0.25) is 0 Å². The van der Waals surface area contributed by atoms with Gasteiger partial charge in [0.05, 0.1) is 22.7 Å². The number of carbonyl (C=O) groups is 1. The molecule has 0 unspecified atom stereocenters. The number of anilines is 2. The van der Waals surface area contributed by atoms with Gasteiger partial charge in [-0.1, -0.05) is 6.07 Å². The molecule has 0 atom stereocenters. The summed E-state index contributed by atoms with van der Waals surface area (Å²) in [7, 11) is -1.53. The van der Waals surface area contributed by atoms with Crippen LogP contribution in [-0.2, 0) is 9.84 Å². The third-order valence-electron chi connectivity index (χ3n) is 4.77. The third kappa shape index (κ3) is 2.71. The molecule has 8 nitrogen and oxygen atoms in total. The molecule has 2 N–H and O–H groups in total. The highest BCUT2D eigenvalue weighted by molar-refractivity contribution is 7.91. The Morgan fingerprint density at radius 3 is 2.70 bits per heavy atom. The van der Waals surface area contributed by atoms with Crippen molar-refractivity contribution in [2.75, 3.05) is 35.4 Å². The molecule has 3 aliphatic heterocycles. The minimum absolute atomic E-state index is 0.125. The van der Waals surface area contributed by atoms with Crippen LogP contribution in [-0.4, -0.2) is 50.2 Å². The lowest BCUT2D eigenvalue weighted by Gasteiger charge is -2.23. The predicted octanol–water partition coefficient (Wildman–Crippen LogP) is -0.0830. The first-order chi connectivity index (χ1) is 12.7. The first-order valence-corrected chi connectivity index (χ1v) is 10.2. The Morgan fingerprint density at radius 1 is 1.30 bits per heavy atom. The van der Waals surface area contributed by atoms with E-state index >= 15 is 0 Å². The summed E-state index contributed by atoms with van der Waals surface area (Å²) in [6.45, 7) is 0.125. The predicted molar refractivity (Wildman–Crippen MR) is 103 cm³/mol. The summed E-state index contributed by atoms with van der Waals surface area (Å²) in [5.41, 5.74) is 2.05. The number of aromatic nitrogens is 1. The van der Waals surface area contributed by atoms with Crippen molar-refractivity contribution in [3.05, 3.63) is 45.3 Å². The van der Waals surface area contributed by atoms with E-state index in [1.807, 2.05) is 0 Å². The minimum Gasteiger partial charge on any atom is -0.465 e. The molecule has 0 aromatic rings. The number of fused-ring (bicyclic) bond motifs is 2. The van der Waals surface area contributed by atoms with Crippen molar-refractivity contribution < 1.29 is 18.3 Å². The van der Waals surface area contributed by atoms with Crippen molar-refractivity contribution in [3.8, 4) is 11.1 Å². The van der Waals surface area contributed by atoms with Crippen molar-refractivity contribution >= 4 is 39.0 Å². The van der Waals surface area contributed by atoms with Gasteiger partial charge in [-0.15, -0.1) is 0 Å². The molecule has 140 valence electrons. The molecule has 0 spiro atoms. The number of aromatic amines is 1. The standard InChI is InChI=1S/C18H17N3O5S/c1-20-7-5-10(9-27(2,25)26)11-3-4-13-14-12(6-8-21(13)18(23)24)19-17(22)15(14)16(11)20/h3-7H,8-9H2,1-2H3,(H,19,22)(H,23,24). The van der Waals surface area contributed by atoms with Crippen LogP contribution in [0, 0.1) is 0 Å². The molecular formula is C18H17N3O5S. The van der Waals surface area contributed by atoms with Gasteiger partial charge in [0, 0.05) is 42.2 Å². The summed E-state index contributed by atoms with van der Waals surface area (Å²) in [5.74, 6) is -0.175. The number of allylic oxidation sites excluding steroid dienone is 1. The third-order valence-corrected chi connectivity index (χ3v) is 5.60. The molecule has 0 fully saturated rings. The first-order valence-electron chi connectivity index (χ1n) is 8.19. The van der Waals surface area contributed by atoms with Gasteiger partial charge in [0.1, 0.15) is 0 Å². The fraction of sp³-hybridized carbons (Fsp3) is 0.222. The molecule has 0 aromatic heterocycles. The topological polar surface area (TPSA) is 111 Å². The molecule has 0 saturated heterocycles. The zero-order valence-electron chi connectivity index (χ0n) is 14.7. The summed E-state index contributed by atoms with van der Waals surface area (Å²) < 4.78 is 23.7. The van der Waals surface area contributed by atoms with Gasteiger partial charge in [0.15, 0.2) is 9.84 Å². The van der Waals surface area contributed by atoms with Crippen LogP contribution in [0.15, 0.2) is 29.2 Å². The molecule has 0 bridgehead atoms. The van der Waals surface area contributed by atoms with Gasteiger partial charge in [-0.2, -0.15) is 0 Å². The van der Waals surface area contributed by atoms with Crippen molar-refractivity contribution in [2.45, 2.75) is 0 Å². The summed E-state index contributed by atoms with van der Waals surface area (Å²) in [6.07, 6.45) is 5.10. The van der Waals surface area contributed by atoms with E-state index in [4.69, 9.17) is 0 Å². The van der Waals surface area contributed by atoms with Gasteiger partial charge in [-0.3, -0.25) is 9.69 Å². The lowest BCUT2D eigenvalue weighted by molar-refractivity contribution is 0.202. The molecule has 27 heavy (non-hydrogen) atoms. The number of H-pyrrole nitrogens is 1. The smallest absolute Gasteiger partial charge is 0.412 e. The highest BCUT2D eigenvalue weighted by Gasteiger charge is 2.29. The number of carboxylic acid groups (broad SMARTS) is 1. The molecule has 0 aromatic carbocycles. The van der Waals surface area contributed by atoms with Crippen molar-refractivity contribution in [2.24, 2.45) is 0 Å². The molecular weight excluding hydrogens is 370 g/mol. The SMILES string of the molecule is CN1C=CC(CS(C)(=O)=O)=c2ccc3c4c([nH]c(=O)c-4c21)=CCN3C(=O)O. The van der Waals surface area contributed by atoms with Crippen LogP contribution in [0.25, 0.3) is 22.8 Å². The Hall–Kier alpha value is -3.07. The summed E-state index contributed by atoms with van der Waals surface area (Å²) in [6, 6.07) is 3.32. The van der Waals surface area contributed by atoms with E-state index in [1.54, 1.807) is 42.4 Å². The molecule has 0 radical (unpaired) electrons. The average Bonchev–Trinajstić information content (AvgIpc) is 2.77. The molecule has 1 aliphatic carbocycles. The number of rotatable bonds is 2. The van der Waals surface area contributed by atoms with E-state index in [-0.39, 0.29) is 17.9 Å².